The maximum Gasteiger partial charge on any atom is 0.337 e. The average molecular weight is 252 g/mol. The molecule has 0 aliphatic rings. The summed E-state index contributed by atoms with van der Waals surface area (Å²) in [6.45, 7) is 0. The second-order valence-corrected chi connectivity index (χ2v) is 3.78. The van der Waals surface area contributed by atoms with Crippen molar-refractivity contribution in [1.82, 2.24) is 4.98 Å². The van der Waals surface area contributed by atoms with Gasteiger partial charge in [-0.1, -0.05) is 6.07 Å². The van der Waals surface area contributed by atoms with E-state index in [0.29, 0.717) is 16.6 Å². The number of carbonyl (C=O) groups is 2. The minimum atomic E-state index is -0.410. The number of aromatic amines is 1. The molecule has 2 rings (SSSR count). The van der Waals surface area contributed by atoms with E-state index in [-0.39, 0.29) is 11.7 Å². The largest absolute Gasteiger partial charge is 0.465 e. The van der Waals surface area contributed by atoms with Crippen molar-refractivity contribution in [3.05, 3.63) is 35.5 Å². The van der Waals surface area contributed by atoms with Crippen LogP contribution in [0, 0.1) is 0 Å². The summed E-state index contributed by atoms with van der Waals surface area (Å²) in [6, 6.07) is 4.97. The van der Waals surface area contributed by atoms with Crippen LogP contribution in [-0.4, -0.2) is 29.7 Å². The quantitative estimate of drug-likeness (QED) is 0.518. The van der Waals surface area contributed by atoms with E-state index in [2.05, 4.69) is 9.72 Å². The summed E-state index contributed by atoms with van der Waals surface area (Å²) in [5.74, 6) is -0.624. The second-order valence-electron chi connectivity index (χ2n) is 3.51. The number of alkyl halides is 1. The van der Waals surface area contributed by atoms with E-state index < -0.39 is 5.97 Å². The van der Waals surface area contributed by atoms with Gasteiger partial charge in [0.05, 0.1) is 18.6 Å². The third-order valence-electron chi connectivity index (χ3n) is 2.52. The van der Waals surface area contributed by atoms with Crippen molar-refractivity contribution >= 4 is 34.3 Å². The fraction of sp³-hybridized carbons (Fsp3) is 0.167. The van der Waals surface area contributed by atoms with Gasteiger partial charge in [0.15, 0.2) is 5.78 Å². The monoisotopic (exact) mass is 251 g/mol. The van der Waals surface area contributed by atoms with Crippen LogP contribution in [-0.2, 0) is 4.74 Å². The first-order valence-electron chi connectivity index (χ1n) is 4.96. The zero-order valence-corrected chi connectivity index (χ0v) is 9.88. The molecule has 5 heteroatoms. The summed E-state index contributed by atoms with van der Waals surface area (Å²) in [7, 11) is 1.32. The molecule has 1 N–H and O–H groups in total. The zero-order chi connectivity index (χ0) is 12.4. The summed E-state index contributed by atoms with van der Waals surface area (Å²) < 4.78 is 4.62. The van der Waals surface area contributed by atoms with Gasteiger partial charge in [-0.05, 0) is 12.1 Å². The van der Waals surface area contributed by atoms with E-state index in [1.807, 2.05) is 0 Å². The van der Waals surface area contributed by atoms with Gasteiger partial charge in [-0.3, -0.25) is 4.79 Å². The first kappa shape index (κ1) is 11.7. The number of aromatic nitrogens is 1. The average Bonchev–Trinajstić information content (AvgIpc) is 2.79. The van der Waals surface area contributed by atoms with Gasteiger partial charge in [0, 0.05) is 22.7 Å². The molecule has 17 heavy (non-hydrogen) atoms. The van der Waals surface area contributed by atoms with Crippen LogP contribution < -0.4 is 0 Å². The van der Waals surface area contributed by atoms with Crippen LogP contribution in [0.5, 0.6) is 0 Å². The number of ether oxygens (including phenoxy) is 1. The number of Topliss-reactive ketones (excluding diaryl/α,β-unsaturated/α-hetero) is 1. The van der Waals surface area contributed by atoms with Gasteiger partial charge in [-0.15, -0.1) is 11.6 Å². The smallest absolute Gasteiger partial charge is 0.337 e. The Bertz CT molecular complexity index is 588. The lowest BCUT2D eigenvalue weighted by Gasteiger charge is -1.99. The Kier molecular flexibility index (Phi) is 3.15. The number of hydrogen-bond donors (Lipinski definition) is 1. The second kappa shape index (κ2) is 4.59. The summed E-state index contributed by atoms with van der Waals surface area (Å²) in [5, 5.41) is 0.753. The SMILES string of the molecule is COC(=O)c1ccc2c(C(=O)CCl)c[nH]c2c1. The van der Waals surface area contributed by atoms with Gasteiger partial charge in [-0.25, -0.2) is 4.79 Å². The minimum Gasteiger partial charge on any atom is -0.465 e. The van der Waals surface area contributed by atoms with Crippen LogP contribution >= 0.6 is 11.6 Å². The van der Waals surface area contributed by atoms with E-state index in [9.17, 15) is 9.59 Å². The fourth-order valence-corrected chi connectivity index (χ4v) is 1.82. The highest BCUT2D eigenvalue weighted by Crippen LogP contribution is 2.20. The predicted molar refractivity (Wildman–Crippen MR) is 64.7 cm³/mol. The molecule has 0 atom stereocenters. The molecule has 0 aliphatic heterocycles. The number of fused-ring (bicyclic) bond motifs is 1. The molecule has 0 amide bonds. The van der Waals surface area contributed by atoms with Gasteiger partial charge in [0.2, 0.25) is 0 Å². The molecular weight excluding hydrogens is 242 g/mol. The van der Waals surface area contributed by atoms with Crippen LogP contribution in [0.2, 0.25) is 0 Å². The summed E-state index contributed by atoms with van der Waals surface area (Å²) in [6.07, 6.45) is 1.59. The number of halogens is 1. The molecule has 1 heterocycles. The fourth-order valence-electron chi connectivity index (χ4n) is 1.67. The molecule has 0 aliphatic carbocycles. The van der Waals surface area contributed by atoms with Crippen LogP contribution in [0.3, 0.4) is 0 Å². The number of ketones is 1. The number of nitrogens with one attached hydrogen (secondary N) is 1. The third-order valence-corrected chi connectivity index (χ3v) is 2.77. The third kappa shape index (κ3) is 2.03. The minimum absolute atomic E-state index is 0.0638. The molecule has 0 saturated carbocycles. The molecule has 1 aromatic heterocycles. The zero-order valence-electron chi connectivity index (χ0n) is 9.12. The lowest BCUT2D eigenvalue weighted by atomic mass is 10.1. The van der Waals surface area contributed by atoms with Crippen molar-refractivity contribution in [1.29, 1.82) is 0 Å². The number of rotatable bonds is 3. The molecule has 0 spiro atoms. The van der Waals surface area contributed by atoms with Crippen molar-refractivity contribution in [2.75, 3.05) is 13.0 Å². The van der Waals surface area contributed by atoms with Crippen molar-refractivity contribution in [2.45, 2.75) is 0 Å². The summed E-state index contributed by atoms with van der Waals surface area (Å²) >= 11 is 5.51. The van der Waals surface area contributed by atoms with Crippen LogP contribution in [0.15, 0.2) is 24.4 Å². The highest BCUT2D eigenvalue weighted by molar-refractivity contribution is 6.32. The van der Waals surface area contributed by atoms with Gasteiger partial charge >= 0.3 is 5.97 Å². The Morgan fingerprint density at radius 1 is 1.41 bits per heavy atom. The van der Waals surface area contributed by atoms with Crippen molar-refractivity contribution in [2.24, 2.45) is 0 Å². The number of carbonyl (C=O) groups excluding carboxylic acids is 2. The molecule has 0 bridgehead atoms. The van der Waals surface area contributed by atoms with Gasteiger partial charge in [0.1, 0.15) is 0 Å². The first-order chi connectivity index (χ1) is 8.17. The molecule has 4 nitrogen and oxygen atoms in total. The topological polar surface area (TPSA) is 59.2 Å². The normalized spacial score (nSPS) is 10.5. The molecule has 0 radical (unpaired) electrons. The highest BCUT2D eigenvalue weighted by Gasteiger charge is 2.13. The molecule has 1 aromatic carbocycles. The lowest BCUT2D eigenvalue weighted by molar-refractivity contribution is 0.0601. The Balaban J connectivity index is 2.52. The Labute approximate surface area is 103 Å². The Morgan fingerprint density at radius 3 is 2.82 bits per heavy atom. The molecule has 88 valence electrons. The number of benzene rings is 1. The summed E-state index contributed by atoms with van der Waals surface area (Å²) in [5.41, 5.74) is 1.68. The molecule has 0 fully saturated rings. The Hall–Kier alpha value is -1.81. The standard InChI is InChI=1S/C12H10ClNO3/c1-17-12(16)7-2-3-8-9(11(15)5-13)6-14-10(8)4-7/h2-4,6,14H,5H2,1H3. The van der Waals surface area contributed by atoms with Crippen molar-refractivity contribution in [3.63, 3.8) is 0 Å². The maximum atomic E-state index is 11.5. The van der Waals surface area contributed by atoms with Crippen molar-refractivity contribution in [3.8, 4) is 0 Å². The number of hydrogen-bond acceptors (Lipinski definition) is 3. The molecule has 0 unspecified atom stereocenters. The van der Waals surface area contributed by atoms with Crippen molar-refractivity contribution < 1.29 is 14.3 Å². The number of H-pyrrole nitrogens is 1. The first-order valence-corrected chi connectivity index (χ1v) is 5.49. The predicted octanol–water partition coefficient (Wildman–Crippen LogP) is 2.38. The van der Waals surface area contributed by atoms with Gasteiger partial charge < -0.3 is 9.72 Å². The van der Waals surface area contributed by atoms with Gasteiger partial charge in [0.25, 0.3) is 0 Å². The van der Waals surface area contributed by atoms with Crippen LogP contribution in [0.25, 0.3) is 10.9 Å². The maximum absolute atomic E-state index is 11.5. The molecular formula is C12H10ClNO3. The lowest BCUT2D eigenvalue weighted by Crippen LogP contribution is -2.01. The van der Waals surface area contributed by atoms with Crippen LogP contribution in [0.4, 0.5) is 0 Å². The van der Waals surface area contributed by atoms with E-state index >= 15 is 0 Å². The highest BCUT2D eigenvalue weighted by atomic mass is 35.5. The van der Waals surface area contributed by atoms with E-state index in [1.165, 1.54) is 7.11 Å². The summed E-state index contributed by atoms with van der Waals surface area (Å²) in [4.78, 5) is 25.8. The van der Waals surface area contributed by atoms with E-state index in [4.69, 9.17) is 11.6 Å². The van der Waals surface area contributed by atoms with E-state index in [0.717, 1.165) is 5.39 Å². The molecule has 2 aromatic rings. The Morgan fingerprint density at radius 2 is 2.18 bits per heavy atom. The van der Waals surface area contributed by atoms with Gasteiger partial charge in [-0.2, -0.15) is 0 Å². The van der Waals surface area contributed by atoms with Crippen LogP contribution in [0.1, 0.15) is 20.7 Å². The molecule has 0 saturated heterocycles. The number of methoxy groups -OCH3 is 1. The van der Waals surface area contributed by atoms with E-state index in [1.54, 1.807) is 24.4 Å². The number of esters is 1.